The summed E-state index contributed by atoms with van der Waals surface area (Å²) in [6.07, 6.45) is 3.05. The van der Waals surface area contributed by atoms with E-state index in [-0.39, 0.29) is 25.8 Å². The first-order valence-corrected chi connectivity index (χ1v) is 11.3. The van der Waals surface area contributed by atoms with Crippen molar-refractivity contribution in [1.82, 2.24) is 4.98 Å². The molecular weight excluding hydrogens is 401 g/mol. The van der Waals surface area contributed by atoms with E-state index >= 15 is 0 Å². The molecule has 0 unspecified atom stereocenters. The summed E-state index contributed by atoms with van der Waals surface area (Å²) < 4.78 is 2.35. The number of hydrogen-bond acceptors (Lipinski definition) is 2. The number of hydrogen-bond donors (Lipinski definition) is 1. The Hall–Kier alpha value is -1.64. The number of rotatable bonds is 4. The van der Waals surface area contributed by atoms with Gasteiger partial charge in [-0.3, -0.25) is 0 Å². The molecule has 0 radical (unpaired) electrons. The van der Waals surface area contributed by atoms with Gasteiger partial charge in [0, 0.05) is 0 Å². The second-order valence-electron chi connectivity index (χ2n) is 8.84. The number of benzene rings is 1. The van der Waals surface area contributed by atoms with Crippen molar-refractivity contribution in [3.05, 3.63) is 52.2 Å². The van der Waals surface area contributed by atoms with E-state index in [9.17, 15) is 9.90 Å². The molecule has 0 aliphatic heterocycles. The minimum absolute atomic E-state index is 0.0672. The summed E-state index contributed by atoms with van der Waals surface area (Å²) in [6, 6.07) is 8.40. The first-order valence-electron chi connectivity index (χ1n) is 9.62. The molecule has 1 heterocycles. The van der Waals surface area contributed by atoms with Crippen molar-refractivity contribution in [2.45, 2.75) is 71.6 Å². The Morgan fingerprint density at radius 3 is 2.26 bits per heavy atom. The molecule has 0 spiro atoms. The van der Waals surface area contributed by atoms with E-state index in [0.717, 1.165) is 4.59 Å². The summed E-state index contributed by atoms with van der Waals surface area (Å²) >= 11 is 0.0672. The van der Waals surface area contributed by atoms with Crippen LogP contribution in [-0.4, -0.2) is 31.0 Å². The number of aryl methyl sites for hydroxylation is 2. The van der Waals surface area contributed by atoms with Crippen LogP contribution in [0.25, 0.3) is 0 Å². The first kappa shape index (κ1) is 20.1. The van der Waals surface area contributed by atoms with Gasteiger partial charge in [0.05, 0.1) is 0 Å². The third kappa shape index (κ3) is 3.83. The molecule has 0 fully saturated rings. The van der Waals surface area contributed by atoms with Crippen LogP contribution in [0.5, 0.6) is 0 Å². The van der Waals surface area contributed by atoms with Crippen molar-refractivity contribution in [2.75, 3.05) is 0 Å². The van der Waals surface area contributed by atoms with Crippen molar-refractivity contribution < 1.29 is 9.90 Å². The van der Waals surface area contributed by atoms with Crippen LogP contribution >= 0.6 is 0 Å². The second-order valence-corrected chi connectivity index (χ2v) is 11.1. The SMILES string of the molecule is CCc1nc([Se]c2cc3c(cc2C)C(C)(C)CCC3(C)C)ccc1C(=O)O. The Labute approximate surface area is 168 Å². The molecule has 0 amide bonds. The van der Waals surface area contributed by atoms with Gasteiger partial charge in [-0.05, 0) is 0 Å². The fourth-order valence-electron chi connectivity index (χ4n) is 3.93. The maximum absolute atomic E-state index is 11.4. The maximum atomic E-state index is 11.4. The van der Waals surface area contributed by atoms with E-state index < -0.39 is 5.97 Å². The monoisotopic (exact) mass is 431 g/mol. The summed E-state index contributed by atoms with van der Waals surface area (Å²) in [5, 5.41) is 9.33. The molecule has 0 saturated carbocycles. The number of carboxylic acids is 1. The summed E-state index contributed by atoms with van der Waals surface area (Å²) in [7, 11) is 0. The number of aromatic nitrogens is 1. The fraction of sp³-hybridized carbons (Fsp3) is 0.478. The Morgan fingerprint density at radius 2 is 1.70 bits per heavy atom. The van der Waals surface area contributed by atoms with Crippen LogP contribution in [-0.2, 0) is 17.3 Å². The first-order chi connectivity index (χ1) is 12.5. The van der Waals surface area contributed by atoms with E-state index in [2.05, 4.69) is 51.7 Å². The molecule has 27 heavy (non-hydrogen) atoms. The Morgan fingerprint density at radius 1 is 1.11 bits per heavy atom. The van der Waals surface area contributed by atoms with Gasteiger partial charge in [0.2, 0.25) is 0 Å². The van der Waals surface area contributed by atoms with Crippen LogP contribution in [0.1, 0.15) is 80.2 Å². The van der Waals surface area contributed by atoms with Crippen molar-refractivity contribution in [3.63, 3.8) is 0 Å². The third-order valence-corrected chi connectivity index (χ3v) is 8.18. The molecule has 144 valence electrons. The molecule has 3 nitrogen and oxygen atoms in total. The number of fused-ring (bicyclic) bond motifs is 1. The third-order valence-electron chi connectivity index (χ3n) is 5.88. The number of pyridine rings is 1. The molecule has 0 atom stereocenters. The molecule has 0 bridgehead atoms. The zero-order valence-electron chi connectivity index (χ0n) is 17.1. The van der Waals surface area contributed by atoms with Crippen molar-refractivity contribution in [1.29, 1.82) is 0 Å². The second kappa shape index (κ2) is 7.07. The van der Waals surface area contributed by atoms with Gasteiger partial charge in [-0.25, -0.2) is 0 Å². The van der Waals surface area contributed by atoms with Crippen molar-refractivity contribution in [3.8, 4) is 0 Å². The molecular formula is C23H29NO2Se. The molecule has 1 N–H and O–H groups in total. The normalized spacial score (nSPS) is 17.4. The molecule has 0 saturated heterocycles. The average Bonchev–Trinajstić information content (AvgIpc) is 2.60. The molecule has 1 aromatic carbocycles. The standard InChI is InChI=1S/C23H29NO2Se/c1-7-18-15(21(25)26)8-9-20(24-18)27-19-13-17-16(12-14(19)2)22(3,4)10-11-23(17,5)6/h8-9,12-13H,7,10-11H2,1-6H3,(H,25,26). The van der Waals surface area contributed by atoms with Crippen LogP contribution in [0.4, 0.5) is 0 Å². The molecule has 4 heteroatoms. The van der Waals surface area contributed by atoms with Gasteiger partial charge in [-0.1, -0.05) is 0 Å². The van der Waals surface area contributed by atoms with Crippen molar-refractivity contribution >= 4 is 30.0 Å². The topological polar surface area (TPSA) is 50.2 Å². The van der Waals surface area contributed by atoms with Crippen molar-refractivity contribution in [2.24, 2.45) is 0 Å². The van der Waals surface area contributed by atoms with Gasteiger partial charge in [-0.2, -0.15) is 0 Å². The summed E-state index contributed by atoms with van der Waals surface area (Å²) in [5.74, 6) is -0.896. The molecule has 1 aliphatic carbocycles. The van der Waals surface area contributed by atoms with E-state index in [1.165, 1.54) is 34.0 Å². The van der Waals surface area contributed by atoms with Crippen LogP contribution in [0.15, 0.2) is 24.3 Å². The zero-order chi connectivity index (χ0) is 20.0. The average molecular weight is 430 g/mol. The zero-order valence-corrected chi connectivity index (χ0v) is 18.9. The summed E-state index contributed by atoms with van der Waals surface area (Å²) in [4.78, 5) is 16.0. The van der Waals surface area contributed by atoms with E-state index in [1.807, 2.05) is 13.0 Å². The summed E-state index contributed by atoms with van der Waals surface area (Å²) in [6.45, 7) is 13.6. The number of carbonyl (C=O) groups is 1. The molecule has 3 rings (SSSR count). The number of nitrogens with zero attached hydrogens (tertiary/aromatic N) is 1. The summed E-state index contributed by atoms with van der Waals surface area (Å²) in [5.41, 5.74) is 5.69. The number of carboxylic acid groups (broad SMARTS) is 1. The molecule has 1 aliphatic rings. The molecule has 1 aromatic heterocycles. The van der Waals surface area contributed by atoms with E-state index in [0.29, 0.717) is 17.7 Å². The fourth-order valence-corrected chi connectivity index (χ4v) is 5.84. The van der Waals surface area contributed by atoms with Gasteiger partial charge in [-0.15, -0.1) is 0 Å². The Kier molecular flexibility index (Phi) is 5.26. The van der Waals surface area contributed by atoms with E-state index in [1.54, 1.807) is 6.07 Å². The minimum atomic E-state index is -0.896. The van der Waals surface area contributed by atoms with Crippen LogP contribution in [0, 0.1) is 6.92 Å². The van der Waals surface area contributed by atoms with Gasteiger partial charge < -0.3 is 0 Å². The molecule has 2 aromatic rings. The predicted octanol–water partition coefficient (Wildman–Crippen LogP) is 3.65. The van der Waals surface area contributed by atoms with Gasteiger partial charge in [0.1, 0.15) is 0 Å². The predicted molar refractivity (Wildman–Crippen MR) is 112 cm³/mol. The number of aromatic carboxylic acids is 1. The Bertz CT molecular complexity index is 899. The van der Waals surface area contributed by atoms with Crippen LogP contribution in [0.2, 0.25) is 0 Å². The van der Waals surface area contributed by atoms with Crippen LogP contribution in [0.3, 0.4) is 0 Å². The van der Waals surface area contributed by atoms with Gasteiger partial charge >= 0.3 is 169 Å². The van der Waals surface area contributed by atoms with Gasteiger partial charge in [0.15, 0.2) is 0 Å². The van der Waals surface area contributed by atoms with Crippen LogP contribution < -0.4 is 9.05 Å². The Balaban J connectivity index is 2.03. The van der Waals surface area contributed by atoms with Gasteiger partial charge in [0.25, 0.3) is 0 Å². The quantitative estimate of drug-likeness (QED) is 0.754. The van der Waals surface area contributed by atoms with E-state index in [4.69, 9.17) is 0 Å².